The average Bonchev–Trinajstić information content (AvgIpc) is 2.82. The van der Waals surface area contributed by atoms with Crippen LogP contribution < -0.4 is 15.5 Å². The Morgan fingerprint density at radius 3 is 2.41 bits per heavy atom. The second kappa shape index (κ2) is 11.4. The lowest BCUT2D eigenvalue weighted by Crippen LogP contribution is -2.51. The van der Waals surface area contributed by atoms with Crippen LogP contribution in [0.4, 0.5) is 25.0 Å². The van der Waals surface area contributed by atoms with Crippen LogP contribution in [-0.4, -0.2) is 80.8 Å². The number of hydrogen-bond donors (Lipinski definition) is 2. The number of hydrogen-bond acceptors (Lipinski definition) is 4. The van der Waals surface area contributed by atoms with E-state index in [4.69, 9.17) is 0 Å². The van der Waals surface area contributed by atoms with Gasteiger partial charge in [0.05, 0.1) is 5.69 Å². The highest BCUT2D eigenvalue weighted by Crippen LogP contribution is 2.23. The molecular weight excluding hydrogens is 416 g/mol. The number of benzene rings is 1. The number of urea groups is 1. The normalized spacial score (nSPS) is 17.6. The van der Waals surface area contributed by atoms with E-state index in [-0.39, 0.29) is 17.8 Å². The van der Waals surface area contributed by atoms with E-state index in [9.17, 15) is 18.4 Å². The monoisotopic (exact) mass is 445 g/mol. The smallest absolute Gasteiger partial charge is 0.321 e. The largest absolute Gasteiger partial charge is 0.367 e. The van der Waals surface area contributed by atoms with Gasteiger partial charge in [0.15, 0.2) is 0 Å². The summed E-state index contributed by atoms with van der Waals surface area (Å²) in [6, 6.07) is 4.38. The van der Waals surface area contributed by atoms with Gasteiger partial charge < -0.3 is 25.3 Å². The zero-order chi connectivity index (χ0) is 22.9. The van der Waals surface area contributed by atoms with Gasteiger partial charge in [0, 0.05) is 63.6 Å². The highest BCUT2D eigenvalue weighted by molar-refractivity contribution is 5.96. The molecule has 0 aromatic heterocycles. The molecule has 0 unspecified atom stereocenters. The van der Waals surface area contributed by atoms with Crippen LogP contribution in [0.2, 0.25) is 0 Å². The first kappa shape index (κ1) is 23.5. The van der Waals surface area contributed by atoms with Crippen LogP contribution in [-0.2, 0) is 4.79 Å². The number of allylic oxidation sites excluding steroid dienone is 3. The molecule has 32 heavy (non-hydrogen) atoms. The Labute approximate surface area is 187 Å². The van der Waals surface area contributed by atoms with Gasteiger partial charge in [-0.25, -0.2) is 13.6 Å². The number of nitrogens with zero attached hydrogens (tertiary/aromatic N) is 3. The van der Waals surface area contributed by atoms with Crippen molar-refractivity contribution in [2.45, 2.75) is 0 Å². The quantitative estimate of drug-likeness (QED) is 0.522. The third-order valence-corrected chi connectivity index (χ3v) is 5.48. The summed E-state index contributed by atoms with van der Waals surface area (Å²) in [4.78, 5) is 30.4. The molecule has 9 heteroatoms. The number of carbonyl (C=O) groups is 2. The third-order valence-electron chi connectivity index (χ3n) is 5.48. The summed E-state index contributed by atoms with van der Waals surface area (Å²) in [5, 5.41) is 5.97. The number of alkyl halides is 1. The van der Waals surface area contributed by atoms with Crippen molar-refractivity contribution in [3.8, 4) is 0 Å². The van der Waals surface area contributed by atoms with E-state index in [1.54, 1.807) is 21.9 Å². The van der Waals surface area contributed by atoms with Gasteiger partial charge in [-0.15, -0.1) is 0 Å². The Bertz CT molecular complexity index is 888. The second-order valence-corrected chi connectivity index (χ2v) is 7.52. The summed E-state index contributed by atoms with van der Waals surface area (Å²) < 4.78 is 26.8. The number of amides is 3. The summed E-state index contributed by atoms with van der Waals surface area (Å²) in [7, 11) is 0. The molecule has 0 spiro atoms. The predicted octanol–water partition coefficient (Wildman–Crippen LogP) is 2.55. The molecule has 2 heterocycles. The van der Waals surface area contributed by atoms with Gasteiger partial charge in [0.1, 0.15) is 12.5 Å². The molecule has 2 N–H and O–H groups in total. The van der Waals surface area contributed by atoms with E-state index in [0.29, 0.717) is 43.1 Å². The molecule has 3 rings (SSSR count). The maximum absolute atomic E-state index is 14.6. The lowest BCUT2D eigenvalue weighted by Gasteiger charge is -2.35. The van der Waals surface area contributed by atoms with Gasteiger partial charge in [-0.1, -0.05) is 24.8 Å². The summed E-state index contributed by atoms with van der Waals surface area (Å²) >= 11 is 0. The maximum atomic E-state index is 14.6. The summed E-state index contributed by atoms with van der Waals surface area (Å²) in [5.74, 6) is -0.584. The minimum atomic E-state index is -0.606. The predicted molar refractivity (Wildman–Crippen MR) is 122 cm³/mol. The number of carbonyl (C=O) groups excluding carboxylic acids is 2. The molecule has 0 radical (unpaired) electrons. The Kier molecular flexibility index (Phi) is 8.38. The van der Waals surface area contributed by atoms with E-state index in [2.05, 4.69) is 17.2 Å². The maximum Gasteiger partial charge on any atom is 0.321 e. The van der Waals surface area contributed by atoms with E-state index in [0.717, 1.165) is 26.2 Å². The van der Waals surface area contributed by atoms with Crippen molar-refractivity contribution in [3.63, 3.8) is 0 Å². The van der Waals surface area contributed by atoms with Crippen molar-refractivity contribution in [1.29, 1.82) is 0 Å². The molecule has 1 aromatic rings. The van der Waals surface area contributed by atoms with Crippen molar-refractivity contribution in [3.05, 3.63) is 60.5 Å². The fourth-order valence-electron chi connectivity index (χ4n) is 3.69. The van der Waals surface area contributed by atoms with Crippen LogP contribution in [0.25, 0.3) is 0 Å². The molecule has 0 bridgehead atoms. The number of rotatable bonds is 6. The van der Waals surface area contributed by atoms with E-state index in [1.807, 2.05) is 4.90 Å². The Morgan fingerprint density at radius 2 is 1.78 bits per heavy atom. The SMILES string of the molecule is C=C/C(=C\C=C/CF)C(=O)N1CCN(C(=O)Nc2ccc(N3CCNCC3)c(F)c2)CC1. The van der Waals surface area contributed by atoms with Gasteiger partial charge in [-0.2, -0.15) is 0 Å². The topological polar surface area (TPSA) is 67.9 Å². The Morgan fingerprint density at radius 1 is 1.09 bits per heavy atom. The molecule has 0 atom stereocenters. The summed E-state index contributed by atoms with van der Waals surface area (Å²) in [6.45, 7) is 7.55. The molecule has 0 aliphatic carbocycles. The van der Waals surface area contributed by atoms with Crippen molar-refractivity contribution >= 4 is 23.3 Å². The molecule has 2 saturated heterocycles. The lowest BCUT2D eigenvalue weighted by atomic mass is 10.2. The van der Waals surface area contributed by atoms with Crippen molar-refractivity contribution < 1.29 is 18.4 Å². The van der Waals surface area contributed by atoms with Crippen LogP contribution >= 0.6 is 0 Å². The van der Waals surface area contributed by atoms with Crippen LogP contribution in [0.5, 0.6) is 0 Å². The van der Waals surface area contributed by atoms with Crippen molar-refractivity contribution in [2.24, 2.45) is 0 Å². The van der Waals surface area contributed by atoms with Crippen LogP contribution in [0.1, 0.15) is 0 Å². The zero-order valence-electron chi connectivity index (χ0n) is 18.0. The van der Waals surface area contributed by atoms with Crippen molar-refractivity contribution in [1.82, 2.24) is 15.1 Å². The highest BCUT2D eigenvalue weighted by atomic mass is 19.1. The number of anilines is 2. The molecular formula is C23H29F2N5O2. The van der Waals surface area contributed by atoms with Crippen LogP contribution in [0.3, 0.4) is 0 Å². The fraction of sp³-hybridized carbons (Fsp3) is 0.391. The van der Waals surface area contributed by atoms with Crippen LogP contribution in [0, 0.1) is 5.82 Å². The summed E-state index contributed by atoms with van der Waals surface area (Å²) in [5.41, 5.74) is 1.29. The van der Waals surface area contributed by atoms with Gasteiger partial charge in [-0.05, 0) is 24.3 Å². The standard InChI is InChI=1S/C23H29F2N5O2/c1-2-18(5-3-4-8-24)22(31)29-13-15-30(16-14-29)23(32)27-19-6-7-21(20(25)17-19)28-11-9-26-10-12-28/h2-7,17,26H,1,8-16H2,(H,27,32)/b4-3-,18-5+. The molecule has 1 aromatic carbocycles. The van der Waals surface area contributed by atoms with E-state index in [1.165, 1.54) is 30.4 Å². The number of piperazine rings is 2. The lowest BCUT2D eigenvalue weighted by molar-refractivity contribution is -0.128. The molecule has 3 amide bonds. The van der Waals surface area contributed by atoms with Gasteiger partial charge in [0.2, 0.25) is 0 Å². The summed E-state index contributed by atoms with van der Waals surface area (Å²) in [6.07, 6.45) is 5.73. The first-order valence-electron chi connectivity index (χ1n) is 10.7. The molecule has 2 fully saturated rings. The molecule has 2 aliphatic heterocycles. The molecule has 0 saturated carbocycles. The van der Waals surface area contributed by atoms with E-state index >= 15 is 0 Å². The minimum absolute atomic E-state index is 0.214. The molecule has 172 valence electrons. The van der Waals surface area contributed by atoms with Gasteiger partial charge in [0.25, 0.3) is 5.91 Å². The average molecular weight is 446 g/mol. The Balaban J connectivity index is 1.53. The number of nitrogens with one attached hydrogen (secondary N) is 2. The van der Waals surface area contributed by atoms with Gasteiger partial charge >= 0.3 is 6.03 Å². The van der Waals surface area contributed by atoms with Crippen LogP contribution in [0.15, 0.2) is 54.7 Å². The highest BCUT2D eigenvalue weighted by Gasteiger charge is 2.25. The first-order chi connectivity index (χ1) is 15.5. The first-order valence-corrected chi connectivity index (χ1v) is 10.7. The Hall–Kier alpha value is -3.20. The van der Waals surface area contributed by atoms with Gasteiger partial charge in [-0.3, -0.25) is 4.79 Å². The fourth-order valence-corrected chi connectivity index (χ4v) is 3.69. The molecule has 2 aliphatic rings. The minimum Gasteiger partial charge on any atom is -0.367 e. The molecule has 7 nitrogen and oxygen atoms in total. The van der Waals surface area contributed by atoms with E-state index < -0.39 is 6.67 Å². The second-order valence-electron chi connectivity index (χ2n) is 7.52. The zero-order valence-corrected chi connectivity index (χ0v) is 18.0. The number of halogens is 2. The van der Waals surface area contributed by atoms with Crippen molar-refractivity contribution in [2.75, 3.05) is 69.2 Å². The third kappa shape index (κ3) is 5.94.